The molecule has 0 spiro atoms. The highest BCUT2D eigenvalue weighted by molar-refractivity contribution is 6.27. The number of carboxylic acid groups (broad SMARTS) is 2. The van der Waals surface area contributed by atoms with Gasteiger partial charge in [-0.3, -0.25) is 0 Å². The monoisotopic (exact) mass is 521 g/mol. The highest BCUT2D eigenvalue weighted by Crippen LogP contribution is 2.37. The largest absolute Gasteiger partial charge is 0.473 e. The molecule has 0 aliphatic carbocycles. The summed E-state index contributed by atoms with van der Waals surface area (Å²) in [4.78, 5) is 38.5. The van der Waals surface area contributed by atoms with Crippen LogP contribution in [-0.4, -0.2) is 75.9 Å². The van der Waals surface area contributed by atoms with Crippen molar-refractivity contribution in [2.24, 2.45) is 0 Å². The lowest BCUT2D eigenvalue weighted by Gasteiger charge is -2.32. The Kier molecular flexibility index (Phi) is 8.55. The van der Waals surface area contributed by atoms with E-state index in [0.717, 1.165) is 49.3 Å². The third-order valence-electron chi connectivity index (χ3n) is 6.78. The number of carbonyl (C=O) groups excluding carboxylic acids is 1. The van der Waals surface area contributed by atoms with Gasteiger partial charge in [-0.15, -0.1) is 0 Å². The molecule has 1 aromatic heterocycles. The Morgan fingerprint density at radius 1 is 0.921 bits per heavy atom. The lowest BCUT2D eigenvalue weighted by atomic mass is 10.00. The fraction of sp³-hybridized carbons (Fsp3) is 0.357. The molecule has 1 atom stereocenters. The number of carbonyl (C=O) groups is 3. The molecule has 2 N–H and O–H groups in total. The van der Waals surface area contributed by atoms with Crippen molar-refractivity contribution in [2.45, 2.75) is 38.0 Å². The van der Waals surface area contributed by atoms with Crippen LogP contribution in [-0.2, 0) is 32.0 Å². The van der Waals surface area contributed by atoms with Crippen LogP contribution in [0.5, 0.6) is 0 Å². The van der Waals surface area contributed by atoms with Gasteiger partial charge in [-0.1, -0.05) is 54.6 Å². The number of piperidine rings is 1. The minimum atomic E-state index is -1.82. The fourth-order valence-corrected chi connectivity index (χ4v) is 4.83. The summed E-state index contributed by atoms with van der Waals surface area (Å²) >= 11 is 0. The van der Waals surface area contributed by atoms with E-state index in [1.54, 1.807) is 0 Å². The number of carboxylic acids is 2. The van der Waals surface area contributed by atoms with Gasteiger partial charge in [0, 0.05) is 25.2 Å². The zero-order valence-corrected chi connectivity index (χ0v) is 21.4. The van der Waals surface area contributed by atoms with E-state index in [-0.39, 0.29) is 18.2 Å². The summed E-state index contributed by atoms with van der Waals surface area (Å²) in [5, 5.41) is 14.8. The molecule has 1 unspecified atom stereocenters. The van der Waals surface area contributed by atoms with Crippen LogP contribution in [0.25, 0.3) is 11.3 Å². The SMILES string of the molecule is COC(=O)c1c(-c2ccccc2)nc2n1CCc1ccccc1C2OC1CCN(C)CC1.O=C(O)C(=O)O. The molecule has 1 saturated heterocycles. The van der Waals surface area contributed by atoms with E-state index >= 15 is 0 Å². The van der Waals surface area contributed by atoms with Crippen molar-refractivity contribution >= 4 is 17.9 Å². The average molecular weight is 522 g/mol. The van der Waals surface area contributed by atoms with Gasteiger partial charge in [0.1, 0.15) is 17.6 Å². The first-order chi connectivity index (χ1) is 18.3. The number of methoxy groups -OCH3 is 1. The Morgan fingerprint density at radius 2 is 1.55 bits per heavy atom. The number of esters is 1. The number of benzene rings is 2. The van der Waals surface area contributed by atoms with Gasteiger partial charge < -0.3 is 29.2 Å². The van der Waals surface area contributed by atoms with Crippen LogP contribution in [0.3, 0.4) is 0 Å². The molecule has 3 aromatic rings. The first kappa shape index (κ1) is 27.0. The van der Waals surface area contributed by atoms with Gasteiger partial charge in [-0.25, -0.2) is 19.4 Å². The highest BCUT2D eigenvalue weighted by atomic mass is 16.5. The van der Waals surface area contributed by atoms with Crippen LogP contribution < -0.4 is 0 Å². The van der Waals surface area contributed by atoms with E-state index in [1.165, 1.54) is 12.7 Å². The Hall–Kier alpha value is -4.02. The standard InChI is InChI=1S/C26H29N3O3.C2H2O4/c1-28-15-13-20(14-16-28)32-24-21-11-7-6-8-18(21)12-17-29-23(26(30)31-2)22(27-25(24)29)19-9-4-3-5-10-19;3-1(4)2(5)6/h3-11,20,24H,12-17H2,1-2H3;(H,3,4)(H,5,6). The molecule has 0 bridgehead atoms. The van der Waals surface area contributed by atoms with Crippen molar-refractivity contribution in [1.29, 1.82) is 0 Å². The second-order valence-corrected chi connectivity index (χ2v) is 9.25. The van der Waals surface area contributed by atoms with Crippen LogP contribution >= 0.6 is 0 Å². The van der Waals surface area contributed by atoms with E-state index in [4.69, 9.17) is 34.3 Å². The van der Waals surface area contributed by atoms with Gasteiger partial charge >= 0.3 is 17.9 Å². The molecule has 10 heteroatoms. The number of aryl methyl sites for hydroxylation is 1. The van der Waals surface area contributed by atoms with Crippen molar-refractivity contribution in [1.82, 2.24) is 14.5 Å². The summed E-state index contributed by atoms with van der Waals surface area (Å²) in [5.74, 6) is -3.23. The number of hydrogen-bond acceptors (Lipinski definition) is 7. The Morgan fingerprint density at radius 3 is 2.18 bits per heavy atom. The number of rotatable bonds is 4. The van der Waals surface area contributed by atoms with E-state index in [1.807, 2.05) is 34.9 Å². The number of hydrogen-bond donors (Lipinski definition) is 2. The molecule has 3 heterocycles. The third-order valence-corrected chi connectivity index (χ3v) is 6.78. The lowest BCUT2D eigenvalue weighted by Crippen LogP contribution is -2.35. The molecule has 0 radical (unpaired) electrons. The van der Waals surface area contributed by atoms with Crippen molar-refractivity contribution in [2.75, 3.05) is 27.2 Å². The smallest absolute Gasteiger partial charge is 0.414 e. The van der Waals surface area contributed by atoms with Gasteiger partial charge in [-0.05, 0) is 37.4 Å². The minimum Gasteiger partial charge on any atom is -0.473 e. The summed E-state index contributed by atoms with van der Waals surface area (Å²) in [6.45, 7) is 2.70. The molecular weight excluding hydrogens is 490 g/mol. The Labute approximate surface area is 220 Å². The fourth-order valence-electron chi connectivity index (χ4n) is 4.83. The number of ether oxygens (including phenoxy) is 2. The molecule has 0 saturated carbocycles. The summed E-state index contributed by atoms with van der Waals surface area (Å²) in [6, 6.07) is 18.3. The predicted octanol–water partition coefficient (Wildman–Crippen LogP) is 3.25. The number of fused-ring (bicyclic) bond motifs is 2. The zero-order chi connectivity index (χ0) is 27.2. The first-order valence-corrected chi connectivity index (χ1v) is 12.4. The van der Waals surface area contributed by atoms with Crippen LogP contribution in [0.15, 0.2) is 54.6 Å². The molecule has 1 fully saturated rings. The predicted molar refractivity (Wildman–Crippen MR) is 138 cm³/mol. The minimum absolute atomic E-state index is 0.161. The van der Waals surface area contributed by atoms with Crippen molar-refractivity contribution in [3.05, 3.63) is 77.2 Å². The number of likely N-dealkylation sites (tertiary alicyclic amines) is 1. The second-order valence-electron chi connectivity index (χ2n) is 9.25. The Bertz CT molecular complexity index is 1290. The van der Waals surface area contributed by atoms with E-state index < -0.39 is 11.9 Å². The van der Waals surface area contributed by atoms with E-state index in [0.29, 0.717) is 17.9 Å². The number of imidazole rings is 1. The van der Waals surface area contributed by atoms with Gasteiger partial charge in [-0.2, -0.15) is 0 Å². The molecular formula is C28H31N3O7. The number of nitrogens with zero attached hydrogens (tertiary/aromatic N) is 3. The lowest BCUT2D eigenvalue weighted by molar-refractivity contribution is -0.159. The van der Waals surface area contributed by atoms with Crippen LogP contribution in [0.1, 0.15) is 46.4 Å². The number of aromatic nitrogens is 2. The normalized spacial score (nSPS) is 17.3. The molecule has 2 aliphatic rings. The Balaban J connectivity index is 0.000000505. The molecule has 0 amide bonds. The second kappa shape index (κ2) is 12.0. The maximum atomic E-state index is 12.9. The van der Waals surface area contributed by atoms with Crippen molar-refractivity contribution in [3.63, 3.8) is 0 Å². The first-order valence-electron chi connectivity index (χ1n) is 12.4. The summed E-state index contributed by atoms with van der Waals surface area (Å²) in [5.41, 5.74) is 4.45. The van der Waals surface area contributed by atoms with Crippen molar-refractivity contribution in [3.8, 4) is 11.3 Å². The number of aliphatic carboxylic acids is 2. The van der Waals surface area contributed by atoms with E-state index in [9.17, 15) is 4.79 Å². The third kappa shape index (κ3) is 5.92. The maximum absolute atomic E-state index is 12.9. The van der Waals surface area contributed by atoms with Crippen LogP contribution in [0.2, 0.25) is 0 Å². The van der Waals surface area contributed by atoms with Crippen LogP contribution in [0, 0.1) is 0 Å². The summed E-state index contributed by atoms with van der Waals surface area (Å²) in [7, 11) is 3.58. The van der Waals surface area contributed by atoms with Gasteiger partial charge in [0.2, 0.25) is 0 Å². The molecule has 38 heavy (non-hydrogen) atoms. The molecule has 2 aromatic carbocycles. The topological polar surface area (TPSA) is 131 Å². The average Bonchev–Trinajstić information content (AvgIpc) is 3.24. The van der Waals surface area contributed by atoms with Gasteiger partial charge in [0.25, 0.3) is 0 Å². The van der Waals surface area contributed by atoms with Crippen LogP contribution in [0.4, 0.5) is 0 Å². The summed E-state index contributed by atoms with van der Waals surface area (Å²) < 4.78 is 14.0. The zero-order valence-electron chi connectivity index (χ0n) is 21.4. The molecule has 2 aliphatic heterocycles. The van der Waals surface area contributed by atoms with Gasteiger partial charge in [0.15, 0.2) is 5.69 Å². The molecule has 5 rings (SSSR count). The molecule has 10 nitrogen and oxygen atoms in total. The van der Waals surface area contributed by atoms with Crippen molar-refractivity contribution < 1.29 is 34.1 Å². The van der Waals surface area contributed by atoms with E-state index in [2.05, 4.69) is 36.2 Å². The maximum Gasteiger partial charge on any atom is 0.414 e. The van der Waals surface area contributed by atoms with Gasteiger partial charge in [0.05, 0.1) is 13.2 Å². The quantitative estimate of drug-likeness (QED) is 0.392. The highest BCUT2D eigenvalue weighted by Gasteiger charge is 2.34. The summed E-state index contributed by atoms with van der Waals surface area (Å²) in [6.07, 6.45) is 2.64. The molecule has 200 valence electrons.